The molecule has 0 aromatic rings. The quantitative estimate of drug-likeness (QED) is 0.0357. The molecule has 1 saturated heterocycles. The highest BCUT2D eigenvalue weighted by Gasteiger charge is 2.44. The van der Waals surface area contributed by atoms with E-state index < -0.39 is 49.4 Å². The Labute approximate surface area is 323 Å². The van der Waals surface area contributed by atoms with Gasteiger partial charge in [0.1, 0.15) is 31.0 Å². The Morgan fingerprint density at radius 3 is 1.28 bits per heavy atom. The van der Waals surface area contributed by atoms with Crippen LogP contribution in [0.1, 0.15) is 206 Å². The van der Waals surface area contributed by atoms with E-state index in [-0.39, 0.29) is 32.0 Å². The van der Waals surface area contributed by atoms with E-state index in [0.717, 1.165) is 38.5 Å². The van der Waals surface area contributed by atoms with Crippen molar-refractivity contribution in [3.05, 3.63) is 0 Å². The van der Waals surface area contributed by atoms with Crippen LogP contribution in [0.25, 0.3) is 0 Å². The zero-order chi connectivity index (χ0) is 38.8. The van der Waals surface area contributed by atoms with Crippen LogP contribution in [0.15, 0.2) is 0 Å². The van der Waals surface area contributed by atoms with Crippen LogP contribution in [0, 0.1) is 0 Å². The number of carbonyl (C=O) groups excluding carboxylic acids is 2. The number of ether oxygens (including phenoxy) is 4. The van der Waals surface area contributed by atoms with Crippen LogP contribution in [0.2, 0.25) is 0 Å². The van der Waals surface area contributed by atoms with Gasteiger partial charge in [0.05, 0.1) is 13.2 Å². The normalized spacial score (nSPS) is 20.8. The highest BCUT2D eigenvalue weighted by atomic mass is 16.7. The zero-order valence-electron chi connectivity index (χ0n) is 34.0. The summed E-state index contributed by atoms with van der Waals surface area (Å²) >= 11 is 0. The number of aliphatic hydroxyl groups excluding tert-OH is 4. The summed E-state index contributed by atoms with van der Waals surface area (Å²) in [6, 6.07) is 0. The van der Waals surface area contributed by atoms with Crippen molar-refractivity contribution >= 4 is 11.9 Å². The van der Waals surface area contributed by atoms with Crippen molar-refractivity contribution in [3.8, 4) is 0 Å². The number of hydrogen-bond acceptors (Lipinski definition) is 10. The van der Waals surface area contributed by atoms with Gasteiger partial charge in [-0.15, -0.1) is 0 Å². The van der Waals surface area contributed by atoms with Gasteiger partial charge in [0.15, 0.2) is 12.4 Å². The Morgan fingerprint density at radius 2 is 0.887 bits per heavy atom. The van der Waals surface area contributed by atoms with Crippen LogP contribution in [-0.4, -0.2) is 89.0 Å². The number of aliphatic hydroxyl groups is 4. The molecule has 0 radical (unpaired) electrons. The minimum absolute atomic E-state index is 0.209. The molecule has 6 atom stereocenters. The smallest absolute Gasteiger partial charge is 0.306 e. The molecular formula is C43H82O10. The van der Waals surface area contributed by atoms with Crippen molar-refractivity contribution in [1.29, 1.82) is 0 Å². The highest BCUT2D eigenvalue weighted by Crippen LogP contribution is 2.23. The maximum atomic E-state index is 12.7. The minimum Gasteiger partial charge on any atom is -0.462 e. The molecular weight excluding hydrogens is 676 g/mol. The monoisotopic (exact) mass is 759 g/mol. The second-order valence-corrected chi connectivity index (χ2v) is 15.5. The van der Waals surface area contributed by atoms with E-state index in [9.17, 15) is 30.0 Å². The van der Waals surface area contributed by atoms with Crippen molar-refractivity contribution in [2.24, 2.45) is 0 Å². The Balaban J connectivity index is 2.32. The van der Waals surface area contributed by atoms with Crippen molar-refractivity contribution in [3.63, 3.8) is 0 Å². The van der Waals surface area contributed by atoms with Crippen molar-refractivity contribution in [1.82, 2.24) is 0 Å². The summed E-state index contributed by atoms with van der Waals surface area (Å²) < 4.78 is 22.1. The van der Waals surface area contributed by atoms with Gasteiger partial charge in [-0.2, -0.15) is 0 Å². The predicted molar refractivity (Wildman–Crippen MR) is 210 cm³/mol. The van der Waals surface area contributed by atoms with Gasteiger partial charge in [-0.1, -0.05) is 181 Å². The lowest BCUT2D eigenvalue weighted by atomic mass is 9.99. The molecule has 0 amide bonds. The van der Waals surface area contributed by atoms with Crippen LogP contribution in [0.5, 0.6) is 0 Å². The van der Waals surface area contributed by atoms with Gasteiger partial charge in [-0.25, -0.2) is 0 Å². The number of unbranched alkanes of at least 4 members (excludes halogenated alkanes) is 26. The maximum absolute atomic E-state index is 12.7. The predicted octanol–water partition coefficient (Wildman–Crippen LogP) is 9.00. The topological polar surface area (TPSA) is 152 Å². The number of esters is 2. The summed E-state index contributed by atoms with van der Waals surface area (Å²) in [5.41, 5.74) is 0. The van der Waals surface area contributed by atoms with Crippen LogP contribution >= 0.6 is 0 Å². The molecule has 0 aliphatic carbocycles. The van der Waals surface area contributed by atoms with Crippen molar-refractivity contribution in [2.45, 2.75) is 243 Å². The molecule has 1 aliphatic rings. The first-order valence-corrected chi connectivity index (χ1v) is 22.1. The van der Waals surface area contributed by atoms with Gasteiger partial charge in [0.2, 0.25) is 0 Å². The second kappa shape index (κ2) is 35.1. The summed E-state index contributed by atoms with van der Waals surface area (Å²) in [6.07, 6.45) is 26.8. The first-order chi connectivity index (χ1) is 25.8. The fourth-order valence-electron chi connectivity index (χ4n) is 6.95. The van der Waals surface area contributed by atoms with Crippen LogP contribution in [0.4, 0.5) is 0 Å². The third-order valence-corrected chi connectivity index (χ3v) is 10.5. The lowest BCUT2D eigenvalue weighted by Gasteiger charge is -2.39. The average molecular weight is 759 g/mol. The van der Waals surface area contributed by atoms with E-state index in [0.29, 0.717) is 6.42 Å². The van der Waals surface area contributed by atoms with Gasteiger partial charge in [-0.05, 0) is 12.8 Å². The van der Waals surface area contributed by atoms with E-state index in [1.807, 2.05) is 0 Å². The Morgan fingerprint density at radius 1 is 0.509 bits per heavy atom. The van der Waals surface area contributed by atoms with E-state index >= 15 is 0 Å². The molecule has 53 heavy (non-hydrogen) atoms. The zero-order valence-corrected chi connectivity index (χ0v) is 34.0. The molecule has 314 valence electrons. The molecule has 0 spiro atoms. The fraction of sp³-hybridized carbons (Fsp3) is 0.953. The molecule has 0 bridgehead atoms. The molecule has 1 fully saturated rings. The van der Waals surface area contributed by atoms with E-state index in [2.05, 4.69) is 13.8 Å². The van der Waals surface area contributed by atoms with Crippen LogP contribution in [-0.2, 0) is 28.5 Å². The lowest BCUT2D eigenvalue weighted by Crippen LogP contribution is -2.59. The van der Waals surface area contributed by atoms with Gasteiger partial charge >= 0.3 is 11.9 Å². The standard InChI is InChI=1S/C43H82O10/c1-3-5-7-9-11-13-15-17-18-20-21-23-25-27-29-31-38(45)50-34-36(35-51-43-42(49)41(48)40(47)37(33-44)53-43)52-39(46)32-30-28-26-24-22-19-16-14-12-10-8-6-4-2/h36-37,40-44,47-49H,3-35H2,1-2H3/t36?,37-,40-,41+,42-,43?/m1/s1. The van der Waals surface area contributed by atoms with Gasteiger partial charge in [0.25, 0.3) is 0 Å². The molecule has 0 aromatic carbocycles. The molecule has 0 aromatic heterocycles. The van der Waals surface area contributed by atoms with Crippen molar-refractivity contribution < 1.29 is 49.0 Å². The molecule has 2 unspecified atom stereocenters. The van der Waals surface area contributed by atoms with E-state index in [4.69, 9.17) is 18.9 Å². The molecule has 1 aliphatic heterocycles. The summed E-state index contributed by atoms with van der Waals surface area (Å²) in [4.78, 5) is 25.3. The molecule has 10 heteroatoms. The first kappa shape index (κ1) is 49.7. The highest BCUT2D eigenvalue weighted by molar-refractivity contribution is 5.70. The summed E-state index contributed by atoms with van der Waals surface area (Å²) in [5, 5.41) is 40.0. The molecule has 0 saturated carbocycles. The summed E-state index contributed by atoms with van der Waals surface area (Å²) in [7, 11) is 0. The average Bonchev–Trinajstić information content (AvgIpc) is 3.15. The molecule has 4 N–H and O–H groups in total. The minimum atomic E-state index is -1.59. The van der Waals surface area contributed by atoms with Crippen molar-refractivity contribution in [2.75, 3.05) is 19.8 Å². The molecule has 10 nitrogen and oxygen atoms in total. The van der Waals surface area contributed by atoms with Gasteiger partial charge in [0, 0.05) is 12.8 Å². The summed E-state index contributed by atoms with van der Waals surface area (Å²) in [6.45, 7) is 3.44. The van der Waals surface area contributed by atoms with E-state index in [1.165, 1.54) is 135 Å². The van der Waals surface area contributed by atoms with Gasteiger partial charge in [-0.3, -0.25) is 9.59 Å². The van der Waals surface area contributed by atoms with Crippen LogP contribution in [0.3, 0.4) is 0 Å². The molecule has 1 heterocycles. The lowest BCUT2D eigenvalue weighted by molar-refractivity contribution is -0.305. The van der Waals surface area contributed by atoms with Gasteiger partial charge < -0.3 is 39.4 Å². The Hall–Kier alpha value is -1.30. The second-order valence-electron chi connectivity index (χ2n) is 15.5. The van der Waals surface area contributed by atoms with Crippen LogP contribution < -0.4 is 0 Å². The third-order valence-electron chi connectivity index (χ3n) is 10.5. The summed E-state index contributed by atoms with van der Waals surface area (Å²) in [5.74, 6) is -0.793. The number of hydrogen-bond donors (Lipinski definition) is 4. The fourth-order valence-corrected chi connectivity index (χ4v) is 6.95. The van der Waals surface area contributed by atoms with E-state index in [1.54, 1.807) is 0 Å². The number of rotatable bonds is 37. The third kappa shape index (κ3) is 27.0. The number of carbonyl (C=O) groups is 2. The SMILES string of the molecule is CCCCCCCCCCCCCCCCCC(=O)OCC(COC1O[C@H](CO)[C@@H](O)[C@H](O)[C@H]1O)OC(=O)CCCCCCCCCCCCCCC. The Bertz CT molecular complexity index is 840. The first-order valence-electron chi connectivity index (χ1n) is 22.1. The Kier molecular flexibility index (Phi) is 33.0. The molecule has 1 rings (SSSR count). The largest absolute Gasteiger partial charge is 0.462 e. The maximum Gasteiger partial charge on any atom is 0.306 e.